The van der Waals surface area contributed by atoms with Gasteiger partial charge < -0.3 is 25.5 Å². The van der Waals surface area contributed by atoms with Gasteiger partial charge in [0.1, 0.15) is 5.60 Å². The zero-order valence-electron chi connectivity index (χ0n) is 15.4. The van der Waals surface area contributed by atoms with E-state index < -0.39 is 46.3 Å². The first kappa shape index (κ1) is 17.9. The van der Waals surface area contributed by atoms with Gasteiger partial charge >= 0.3 is 0 Å². The lowest BCUT2D eigenvalue weighted by Gasteiger charge is -2.46. The quantitative estimate of drug-likeness (QED) is 0.418. The number of hydrogen-bond donors (Lipinski definition) is 5. The van der Waals surface area contributed by atoms with Crippen LogP contribution in [-0.2, 0) is 0 Å². The van der Waals surface area contributed by atoms with Gasteiger partial charge in [-0.15, -0.1) is 0 Å². The molecule has 0 heterocycles. The third-order valence-corrected chi connectivity index (χ3v) is 8.75. The van der Waals surface area contributed by atoms with E-state index in [1.165, 1.54) is 0 Å². The highest BCUT2D eigenvalue weighted by molar-refractivity contribution is 5.31. The monoisotopic (exact) mass is 352 g/mol. The van der Waals surface area contributed by atoms with Crippen LogP contribution in [0.25, 0.3) is 0 Å². The molecule has 4 saturated carbocycles. The Morgan fingerprint density at radius 1 is 0.960 bits per heavy atom. The molecule has 142 valence electrons. The fraction of sp³-hybridized carbons (Fsp3) is 0.900. The van der Waals surface area contributed by atoms with Gasteiger partial charge in [0.25, 0.3) is 0 Å². The standard InChI is InChI=1S/C20H32O5/c1-10-11-5-6-12-16(23)19(11,9-18(12,4)24)8-15(22)20(25)13(10)7-14(21)17(20,2)3/h11-16,21-25H,1,5-9H2,2-4H3/t11-,12+,13-,14+,15+,16+,18+,19-,20-/m0/s1. The molecular formula is C20H32O5. The number of hydrogen-bond acceptors (Lipinski definition) is 5. The van der Waals surface area contributed by atoms with Gasteiger partial charge in [-0.25, -0.2) is 0 Å². The molecular weight excluding hydrogens is 320 g/mol. The molecule has 2 bridgehead atoms. The summed E-state index contributed by atoms with van der Waals surface area (Å²) >= 11 is 0. The number of fused-ring (bicyclic) bond motifs is 2. The summed E-state index contributed by atoms with van der Waals surface area (Å²) in [6.45, 7) is 9.67. The topological polar surface area (TPSA) is 101 Å². The van der Waals surface area contributed by atoms with Gasteiger partial charge in [0.15, 0.2) is 0 Å². The summed E-state index contributed by atoms with van der Waals surface area (Å²) < 4.78 is 0. The van der Waals surface area contributed by atoms with Crippen LogP contribution in [-0.4, -0.2) is 55.0 Å². The number of aliphatic hydroxyl groups is 5. The van der Waals surface area contributed by atoms with Crippen LogP contribution in [0.4, 0.5) is 0 Å². The zero-order valence-corrected chi connectivity index (χ0v) is 15.4. The molecule has 1 spiro atoms. The molecule has 0 radical (unpaired) electrons. The van der Waals surface area contributed by atoms with Crippen molar-refractivity contribution in [3.05, 3.63) is 12.2 Å². The van der Waals surface area contributed by atoms with Crippen molar-refractivity contribution in [1.82, 2.24) is 0 Å². The maximum atomic E-state index is 11.6. The van der Waals surface area contributed by atoms with Gasteiger partial charge in [0, 0.05) is 22.7 Å². The highest BCUT2D eigenvalue weighted by Gasteiger charge is 2.72. The van der Waals surface area contributed by atoms with E-state index in [1.807, 2.05) is 0 Å². The molecule has 4 aliphatic rings. The average molecular weight is 352 g/mol. The predicted molar refractivity (Wildman–Crippen MR) is 92.5 cm³/mol. The summed E-state index contributed by atoms with van der Waals surface area (Å²) in [6.07, 6.45) is 0.0421. The van der Waals surface area contributed by atoms with Crippen LogP contribution >= 0.6 is 0 Å². The van der Waals surface area contributed by atoms with E-state index in [4.69, 9.17) is 0 Å². The molecule has 0 aromatic carbocycles. The van der Waals surface area contributed by atoms with Crippen LogP contribution in [0.3, 0.4) is 0 Å². The fourth-order valence-electron chi connectivity index (χ4n) is 7.23. The lowest BCUT2D eigenvalue weighted by Crippen LogP contribution is -2.57. The minimum absolute atomic E-state index is 0.0532. The van der Waals surface area contributed by atoms with E-state index in [0.29, 0.717) is 19.3 Å². The van der Waals surface area contributed by atoms with Crippen molar-refractivity contribution >= 4 is 0 Å². The zero-order chi connectivity index (χ0) is 18.6. The first-order valence-electron chi connectivity index (χ1n) is 9.57. The SMILES string of the molecule is C=C1[C@@H]2CC[C@@H]3[C@@H](O)[C@@]2(C[C@@H](O)[C@@]2(O)[C@H]1C[C@@H](O)C2(C)C)C[C@@]3(C)O. The van der Waals surface area contributed by atoms with Crippen molar-refractivity contribution in [2.45, 2.75) is 82.4 Å². The van der Waals surface area contributed by atoms with Gasteiger partial charge in [-0.05, 0) is 44.9 Å². The van der Waals surface area contributed by atoms with E-state index in [1.54, 1.807) is 20.8 Å². The second-order valence-corrected chi connectivity index (χ2v) is 10.1. The van der Waals surface area contributed by atoms with Crippen molar-refractivity contribution in [2.24, 2.45) is 28.6 Å². The summed E-state index contributed by atoms with van der Waals surface area (Å²) in [7, 11) is 0. The number of rotatable bonds is 0. The van der Waals surface area contributed by atoms with Crippen LogP contribution in [0.1, 0.15) is 52.9 Å². The Morgan fingerprint density at radius 2 is 1.60 bits per heavy atom. The maximum Gasteiger partial charge on any atom is 0.105 e. The van der Waals surface area contributed by atoms with Crippen molar-refractivity contribution < 1.29 is 25.5 Å². The van der Waals surface area contributed by atoms with Crippen LogP contribution < -0.4 is 0 Å². The minimum atomic E-state index is -1.47. The van der Waals surface area contributed by atoms with Gasteiger partial charge in [0.05, 0.1) is 23.9 Å². The summed E-state index contributed by atoms with van der Waals surface area (Å²) in [6, 6.07) is 0. The molecule has 0 aromatic heterocycles. The highest BCUT2D eigenvalue weighted by atomic mass is 16.4. The molecule has 5 nitrogen and oxygen atoms in total. The van der Waals surface area contributed by atoms with Crippen LogP contribution in [0.2, 0.25) is 0 Å². The highest BCUT2D eigenvalue weighted by Crippen LogP contribution is 2.68. The van der Waals surface area contributed by atoms with Gasteiger partial charge in [-0.1, -0.05) is 26.0 Å². The smallest absolute Gasteiger partial charge is 0.105 e. The van der Waals surface area contributed by atoms with Crippen LogP contribution in [0.15, 0.2) is 12.2 Å². The Labute approximate surface area is 149 Å². The second-order valence-electron chi connectivity index (χ2n) is 10.1. The lowest BCUT2D eigenvalue weighted by atomic mass is 9.61. The third kappa shape index (κ3) is 1.86. The van der Waals surface area contributed by atoms with Gasteiger partial charge in [-0.3, -0.25) is 0 Å². The van der Waals surface area contributed by atoms with Crippen molar-refractivity contribution in [1.29, 1.82) is 0 Å². The first-order valence-corrected chi connectivity index (χ1v) is 9.57. The van der Waals surface area contributed by atoms with Crippen LogP contribution in [0.5, 0.6) is 0 Å². The van der Waals surface area contributed by atoms with Crippen molar-refractivity contribution in [3.63, 3.8) is 0 Å². The van der Waals surface area contributed by atoms with E-state index in [-0.39, 0.29) is 18.3 Å². The van der Waals surface area contributed by atoms with E-state index >= 15 is 0 Å². The minimum Gasteiger partial charge on any atom is -0.392 e. The first-order chi connectivity index (χ1) is 11.4. The summed E-state index contributed by atoms with van der Waals surface area (Å²) in [5, 5.41) is 55.2. The van der Waals surface area contributed by atoms with Gasteiger partial charge in [-0.2, -0.15) is 0 Å². The second kappa shape index (κ2) is 4.87. The Hall–Kier alpha value is -0.460. The molecule has 0 unspecified atom stereocenters. The predicted octanol–water partition coefficient (Wildman–Crippen LogP) is 0.974. The Balaban J connectivity index is 1.85. The fourth-order valence-corrected chi connectivity index (χ4v) is 7.23. The molecule has 0 amide bonds. The molecule has 4 aliphatic carbocycles. The Morgan fingerprint density at radius 3 is 2.24 bits per heavy atom. The molecule has 9 atom stereocenters. The largest absolute Gasteiger partial charge is 0.392 e. The van der Waals surface area contributed by atoms with E-state index in [0.717, 1.165) is 12.0 Å². The Kier molecular flexibility index (Phi) is 3.49. The summed E-state index contributed by atoms with van der Waals surface area (Å²) in [4.78, 5) is 0. The molecule has 5 N–H and O–H groups in total. The molecule has 0 saturated heterocycles. The lowest BCUT2D eigenvalue weighted by molar-refractivity contribution is -0.174. The van der Waals surface area contributed by atoms with E-state index in [9.17, 15) is 25.5 Å². The molecule has 5 heteroatoms. The Bertz CT molecular complexity index is 613. The molecule has 4 rings (SSSR count). The molecule has 0 aromatic rings. The van der Waals surface area contributed by atoms with Crippen LogP contribution in [0, 0.1) is 28.6 Å². The maximum absolute atomic E-state index is 11.6. The summed E-state index contributed by atoms with van der Waals surface area (Å²) in [5.41, 5.74) is -3.12. The number of aliphatic hydroxyl groups excluding tert-OH is 3. The van der Waals surface area contributed by atoms with Gasteiger partial charge in [0.2, 0.25) is 0 Å². The van der Waals surface area contributed by atoms with Crippen molar-refractivity contribution in [2.75, 3.05) is 0 Å². The van der Waals surface area contributed by atoms with Crippen molar-refractivity contribution in [3.8, 4) is 0 Å². The molecule has 4 fully saturated rings. The third-order valence-electron chi connectivity index (χ3n) is 8.75. The summed E-state index contributed by atoms with van der Waals surface area (Å²) in [5.74, 6) is -0.649. The molecule has 25 heavy (non-hydrogen) atoms. The normalized spacial score (nSPS) is 60.1. The molecule has 0 aliphatic heterocycles. The van der Waals surface area contributed by atoms with E-state index in [2.05, 4.69) is 6.58 Å². The average Bonchev–Trinajstić information content (AvgIpc) is 2.71.